The van der Waals surface area contributed by atoms with Gasteiger partial charge < -0.3 is 10.4 Å². The fraction of sp³-hybridized carbons (Fsp3) is 0.200. The van der Waals surface area contributed by atoms with Crippen molar-refractivity contribution >= 4 is 50.6 Å². The molecule has 1 aromatic carbocycles. The maximum atomic E-state index is 12.7. The minimum absolute atomic E-state index is 0.0286. The summed E-state index contributed by atoms with van der Waals surface area (Å²) in [5.41, 5.74) is -3.98. The number of aromatic nitrogens is 1. The van der Waals surface area contributed by atoms with Crippen LogP contribution >= 0.6 is 23.2 Å². The third kappa shape index (κ3) is 4.85. The highest BCUT2D eigenvalue weighted by atomic mass is 35.5. The summed E-state index contributed by atoms with van der Waals surface area (Å²) in [5, 5.41) is 11.1. The van der Waals surface area contributed by atoms with Gasteiger partial charge in [0.2, 0.25) is 5.60 Å². The molecule has 1 amide bonds. The second kappa shape index (κ2) is 7.74. The Morgan fingerprint density at radius 3 is 2.32 bits per heavy atom. The van der Waals surface area contributed by atoms with Gasteiger partial charge in [0.25, 0.3) is 15.9 Å². The first-order valence-electron chi connectivity index (χ1n) is 7.28. The number of alkyl halides is 3. The van der Waals surface area contributed by atoms with E-state index in [4.69, 9.17) is 23.2 Å². The summed E-state index contributed by atoms with van der Waals surface area (Å²) in [4.78, 5) is 15.1. The van der Waals surface area contributed by atoms with E-state index in [1.807, 2.05) is 5.32 Å². The second-order valence-electron chi connectivity index (χ2n) is 5.63. The van der Waals surface area contributed by atoms with Crippen molar-refractivity contribution < 1.29 is 31.5 Å². The lowest BCUT2D eigenvalue weighted by atomic mass is 10.1. The van der Waals surface area contributed by atoms with Gasteiger partial charge in [0.05, 0.1) is 20.6 Å². The summed E-state index contributed by atoms with van der Waals surface area (Å²) < 4.78 is 64.9. The molecule has 0 aliphatic rings. The van der Waals surface area contributed by atoms with Crippen molar-refractivity contribution in [2.45, 2.75) is 23.6 Å². The van der Waals surface area contributed by atoms with E-state index in [-0.39, 0.29) is 28.3 Å². The Bertz CT molecular complexity index is 997. The smallest absolute Gasteiger partial charge is 0.373 e. The number of anilines is 2. The lowest BCUT2D eigenvalue weighted by Crippen LogP contribution is -2.52. The number of nitrogens with one attached hydrogen (secondary N) is 2. The Morgan fingerprint density at radius 1 is 1.18 bits per heavy atom. The average molecular weight is 458 g/mol. The molecule has 13 heteroatoms. The SMILES string of the molecule is CC(O)(C(=O)Nc1ccc(S(=O)(=O)Nc2ccc(Cl)cn2)cc1Cl)C(F)(F)F. The molecule has 0 fully saturated rings. The van der Waals surface area contributed by atoms with E-state index in [1.165, 1.54) is 18.3 Å². The molecule has 0 saturated carbocycles. The molecule has 3 N–H and O–H groups in total. The number of rotatable bonds is 5. The van der Waals surface area contributed by atoms with Crippen molar-refractivity contribution in [1.82, 2.24) is 4.98 Å². The van der Waals surface area contributed by atoms with E-state index >= 15 is 0 Å². The number of nitrogens with zero attached hydrogens (tertiary/aromatic N) is 1. The Labute approximate surface area is 167 Å². The molecule has 2 aromatic rings. The zero-order valence-corrected chi connectivity index (χ0v) is 16.2. The maximum absolute atomic E-state index is 12.7. The zero-order chi connectivity index (χ0) is 21.3. The predicted molar refractivity (Wildman–Crippen MR) is 96.8 cm³/mol. The van der Waals surface area contributed by atoms with E-state index in [0.717, 1.165) is 18.2 Å². The summed E-state index contributed by atoms with van der Waals surface area (Å²) in [6, 6.07) is 5.62. The maximum Gasteiger partial charge on any atom is 0.426 e. The number of hydrogen-bond acceptors (Lipinski definition) is 5. The molecule has 0 spiro atoms. The molecule has 7 nitrogen and oxygen atoms in total. The predicted octanol–water partition coefficient (Wildman–Crippen LogP) is 3.44. The Hall–Kier alpha value is -2.08. The van der Waals surface area contributed by atoms with Gasteiger partial charge in [0.15, 0.2) is 0 Å². The highest BCUT2D eigenvalue weighted by Crippen LogP contribution is 2.33. The Balaban J connectivity index is 2.24. The van der Waals surface area contributed by atoms with E-state index in [9.17, 15) is 31.5 Å². The molecule has 0 radical (unpaired) electrons. The number of hydrogen-bond donors (Lipinski definition) is 3. The number of aliphatic hydroxyl groups is 1. The summed E-state index contributed by atoms with van der Waals surface area (Å²) in [6.45, 7) is 0.276. The van der Waals surface area contributed by atoms with Crippen LogP contribution in [-0.4, -0.2) is 36.2 Å². The third-order valence-electron chi connectivity index (χ3n) is 3.46. The number of sulfonamides is 1. The van der Waals surface area contributed by atoms with Crippen molar-refractivity contribution in [1.29, 1.82) is 0 Å². The average Bonchev–Trinajstić information content (AvgIpc) is 2.57. The topological polar surface area (TPSA) is 108 Å². The molecule has 0 saturated heterocycles. The van der Waals surface area contributed by atoms with Crippen LogP contribution in [0, 0.1) is 0 Å². The van der Waals surface area contributed by atoms with Crippen molar-refractivity contribution in [2.24, 2.45) is 0 Å². The van der Waals surface area contributed by atoms with Crippen LogP contribution in [0.3, 0.4) is 0 Å². The van der Waals surface area contributed by atoms with Gasteiger partial charge >= 0.3 is 6.18 Å². The summed E-state index contributed by atoms with van der Waals surface area (Å²) in [5.74, 6) is -1.81. The molecule has 152 valence electrons. The minimum atomic E-state index is -5.22. The molecular formula is C15H12Cl2F3N3O4S. The second-order valence-corrected chi connectivity index (χ2v) is 8.16. The molecule has 2 rings (SSSR count). The standard InChI is InChI=1S/C15H12Cl2F3N3O4S/c1-14(25,15(18,19)20)13(24)22-11-4-3-9(6-10(11)17)28(26,27)23-12-5-2-8(16)7-21-12/h2-7,25H,1H3,(H,21,23)(H,22,24). The van der Waals surface area contributed by atoms with Crippen LogP contribution in [0.15, 0.2) is 41.4 Å². The summed E-state index contributed by atoms with van der Waals surface area (Å²) in [6.07, 6.45) is -4.00. The highest BCUT2D eigenvalue weighted by molar-refractivity contribution is 7.92. The zero-order valence-electron chi connectivity index (χ0n) is 13.9. The van der Waals surface area contributed by atoms with Crippen molar-refractivity contribution in [3.63, 3.8) is 0 Å². The quantitative estimate of drug-likeness (QED) is 0.637. The number of amides is 1. The van der Waals surface area contributed by atoms with Crippen LogP contribution in [0.5, 0.6) is 0 Å². The molecule has 28 heavy (non-hydrogen) atoms. The molecule has 1 aromatic heterocycles. The van der Waals surface area contributed by atoms with E-state index in [1.54, 1.807) is 0 Å². The first kappa shape index (κ1) is 22.2. The van der Waals surface area contributed by atoms with Crippen LogP contribution in [0.25, 0.3) is 0 Å². The van der Waals surface area contributed by atoms with Gasteiger partial charge in [-0.2, -0.15) is 13.2 Å². The largest absolute Gasteiger partial charge is 0.426 e. The lowest BCUT2D eigenvalue weighted by Gasteiger charge is -2.25. The molecule has 0 aliphatic heterocycles. The van der Waals surface area contributed by atoms with Crippen LogP contribution in [0.4, 0.5) is 24.7 Å². The number of carbonyl (C=O) groups is 1. The van der Waals surface area contributed by atoms with Gasteiger partial charge in [0.1, 0.15) is 5.82 Å². The van der Waals surface area contributed by atoms with Crippen LogP contribution in [-0.2, 0) is 14.8 Å². The van der Waals surface area contributed by atoms with Gasteiger partial charge in [-0.3, -0.25) is 9.52 Å². The normalized spacial score (nSPS) is 14.2. The number of pyridine rings is 1. The first-order valence-corrected chi connectivity index (χ1v) is 9.52. The van der Waals surface area contributed by atoms with Crippen LogP contribution in [0.2, 0.25) is 10.0 Å². The number of benzene rings is 1. The van der Waals surface area contributed by atoms with Gasteiger partial charge in [-0.05, 0) is 37.3 Å². The summed E-state index contributed by atoms with van der Waals surface area (Å²) in [7, 11) is -4.13. The Morgan fingerprint density at radius 2 is 1.82 bits per heavy atom. The van der Waals surface area contributed by atoms with Gasteiger partial charge in [-0.25, -0.2) is 13.4 Å². The van der Waals surface area contributed by atoms with Crippen molar-refractivity contribution in [3.05, 3.63) is 46.6 Å². The highest BCUT2D eigenvalue weighted by Gasteiger charge is 2.55. The molecule has 1 atom stereocenters. The van der Waals surface area contributed by atoms with Crippen molar-refractivity contribution in [2.75, 3.05) is 10.0 Å². The van der Waals surface area contributed by atoms with E-state index in [2.05, 4.69) is 9.71 Å². The van der Waals surface area contributed by atoms with E-state index in [0.29, 0.717) is 5.02 Å². The van der Waals surface area contributed by atoms with Gasteiger partial charge in [0, 0.05) is 6.20 Å². The lowest BCUT2D eigenvalue weighted by molar-refractivity contribution is -0.242. The fourth-order valence-electron chi connectivity index (χ4n) is 1.77. The van der Waals surface area contributed by atoms with Gasteiger partial charge in [-0.1, -0.05) is 23.2 Å². The molecule has 0 aliphatic carbocycles. The van der Waals surface area contributed by atoms with Crippen LogP contribution < -0.4 is 10.0 Å². The van der Waals surface area contributed by atoms with Crippen LogP contribution in [0.1, 0.15) is 6.92 Å². The first-order chi connectivity index (χ1) is 12.7. The molecular weight excluding hydrogens is 446 g/mol. The Kier molecular flexibility index (Phi) is 6.14. The number of carbonyl (C=O) groups excluding carboxylic acids is 1. The fourth-order valence-corrected chi connectivity index (χ4v) is 3.21. The number of halogens is 5. The van der Waals surface area contributed by atoms with Gasteiger partial charge in [-0.15, -0.1) is 0 Å². The molecule has 1 heterocycles. The van der Waals surface area contributed by atoms with E-state index < -0.39 is 27.7 Å². The van der Waals surface area contributed by atoms with Crippen molar-refractivity contribution in [3.8, 4) is 0 Å². The minimum Gasteiger partial charge on any atom is -0.373 e. The molecule has 0 bridgehead atoms. The summed E-state index contributed by atoms with van der Waals surface area (Å²) >= 11 is 11.5. The third-order valence-corrected chi connectivity index (χ3v) is 5.35. The molecule has 1 unspecified atom stereocenters. The monoisotopic (exact) mass is 457 g/mol.